The minimum Gasteiger partial charge on any atom is -0.288 e. The Labute approximate surface area is 110 Å². The largest absolute Gasteiger partial charge is 0.288 e. The third-order valence-corrected chi connectivity index (χ3v) is 2.98. The zero-order valence-corrected chi connectivity index (χ0v) is 11.1. The Bertz CT molecular complexity index is 640. The van der Waals surface area contributed by atoms with E-state index in [4.69, 9.17) is 0 Å². The van der Waals surface area contributed by atoms with E-state index in [1.54, 1.807) is 12.1 Å². The maximum absolute atomic E-state index is 13.8. The van der Waals surface area contributed by atoms with Crippen LogP contribution in [0.25, 0.3) is 0 Å². The lowest BCUT2D eigenvalue weighted by atomic mass is 9.98. The van der Waals surface area contributed by atoms with Crippen molar-refractivity contribution in [3.05, 3.63) is 69.8 Å². The van der Waals surface area contributed by atoms with Gasteiger partial charge in [-0.2, -0.15) is 0 Å². The van der Waals surface area contributed by atoms with Crippen molar-refractivity contribution in [1.82, 2.24) is 0 Å². The lowest BCUT2D eigenvalue weighted by Gasteiger charge is -2.07. The average molecular weight is 260 g/mol. The van der Waals surface area contributed by atoms with Crippen LogP contribution in [0, 0.1) is 32.4 Å². The average Bonchev–Trinajstić information content (AvgIpc) is 2.31. The van der Waals surface area contributed by atoms with E-state index >= 15 is 0 Å². The maximum atomic E-state index is 13.8. The van der Waals surface area contributed by atoms with E-state index in [0.29, 0.717) is 5.56 Å². The molecule has 98 valence electrons. The summed E-state index contributed by atoms with van der Waals surface area (Å²) in [6.45, 7) is 5.18. The van der Waals surface area contributed by atoms with Gasteiger partial charge in [0.15, 0.2) is 5.78 Å². The summed E-state index contributed by atoms with van der Waals surface area (Å²) in [4.78, 5) is 12.2. The van der Waals surface area contributed by atoms with E-state index in [0.717, 1.165) is 23.3 Å². The standard InChI is InChI=1S/C16H14F2O/c1-9-4-10(2)6-12(5-9)16(19)13-8-14(17)11(3)7-15(13)18/h4-8H,1-3H3. The van der Waals surface area contributed by atoms with Crippen molar-refractivity contribution in [1.29, 1.82) is 0 Å². The second kappa shape index (κ2) is 4.92. The molecule has 3 heteroatoms. The lowest BCUT2D eigenvalue weighted by Crippen LogP contribution is -2.06. The third kappa shape index (κ3) is 2.70. The van der Waals surface area contributed by atoms with Gasteiger partial charge < -0.3 is 0 Å². The third-order valence-electron chi connectivity index (χ3n) is 2.98. The van der Waals surface area contributed by atoms with Crippen LogP contribution in [-0.4, -0.2) is 5.78 Å². The Balaban J connectivity index is 2.53. The molecule has 0 atom stereocenters. The summed E-state index contributed by atoms with van der Waals surface area (Å²) in [5.74, 6) is -1.76. The first kappa shape index (κ1) is 13.4. The first-order valence-electron chi connectivity index (χ1n) is 5.97. The van der Waals surface area contributed by atoms with E-state index in [1.165, 1.54) is 6.92 Å². The van der Waals surface area contributed by atoms with E-state index < -0.39 is 17.4 Å². The number of benzene rings is 2. The number of halogens is 2. The fourth-order valence-corrected chi connectivity index (χ4v) is 2.08. The number of carbonyl (C=O) groups excluding carboxylic acids is 1. The number of aryl methyl sites for hydroxylation is 3. The second-order valence-corrected chi connectivity index (χ2v) is 4.79. The predicted molar refractivity (Wildman–Crippen MR) is 70.4 cm³/mol. The summed E-state index contributed by atoms with van der Waals surface area (Å²) in [6.07, 6.45) is 0. The minimum atomic E-state index is -0.692. The summed E-state index contributed by atoms with van der Waals surface area (Å²) in [5, 5.41) is 0. The van der Waals surface area contributed by atoms with Gasteiger partial charge in [-0.1, -0.05) is 17.2 Å². The molecule has 1 nitrogen and oxygen atoms in total. The normalized spacial score (nSPS) is 10.6. The van der Waals surface area contributed by atoms with Crippen LogP contribution in [-0.2, 0) is 0 Å². The molecule has 0 saturated heterocycles. The fourth-order valence-electron chi connectivity index (χ4n) is 2.08. The number of hydrogen-bond donors (Lipinski definition) is 0. The van der Waals surface area contributed by atoms with Gasteiger partial charge in [0.2, 0.25) is 0 Å². The first-order valence-corrected chi connectivity index (χ1v) is 5.97. The monoisotopic (exact) mass is 260 g/mol. The zero-order chi connectivity index (χ0) is 14.2. The van der Waals surface area contributed by atoms with Gasteiger partial charge in [-0.15, -0.1) is 0 Å². The quantitative estimate of drug-likeness (QED) is 0.742. The van der Waals surface area contributed by atoms with Crippen LogP contribution in [0.5, 0.6) is 0 Å². The molecule has 2 rings (SSSR count). The van der Waals surface area contributed by atoms with Crippen LogP contribution in [0.2, 0.25) is 0 Å². The molecule has 0 saturated carbocycles. The second-order valence-electron chi connectivity index (χ2n) is 4.79. The zero-order valence-electron chi connectivity index (χ0n) is 11.1. The summed E-state index contributed by atoms with van der Waals surface area (Å²) in [5.41, 5.74) is 2.16. The van der Waals surface area contributed by atoms with Gasteiger partial charge in [-0.25, -0.2) is 8.78 Å². The van der Waals surface area contributed by atoms with E-state index in [1.807, 2.05) is 19.9 Å². The van der Waals surface area contributed by atoms with Gasteiger partial charge >= 0.3 is 0 Å². The van der Waals surface area contributed by atoms with Crippen molar-refractivity contribution in [3.63, 3.8) is 0 Å². The molecule has 0 fully saturated rings. The Morgan fingerprint density at radius 1 is 0.842 bits per heavy atom. The molecule has 0 heterocycles. The summed E-state index contributed by atoms with van der Waals surface area (Å²) >= 11 is 0. The Hall–Kier alpha value is -2.03. The molecule has 19 heavy (non-hydrogen) atoms. The van der Waals surface area contributed by atoms with Crippen LogP contribution in [0.15, 0.2) is 30.3 Å². The highest BCUT2D eigenvalue weighted by Gasteiger charge is 2.16. The van der Waals surface area contributed by atoms with Gasteiger partial charge in [0.1, 0.15) is 11.6 Å². The maximum Gasteiger partial charge on any atom is 0.196 e. The first-order chi connectivity index (χ1) is 8.88. The van der Waals surface area contributed by atoms with Crippen LogP contribution in [0.1, 0.15) is 32.6 Å². The van der Waals surface area contributed by atoms with E-state index in [2.05, 4.69) is 0 Å². The van der Waals surface area contributed by atoms with Gasteiger partial charge in [0.25, 0.3) is 0 Å². The molecular formula is C16H14F2O. The number of ketones is 1. The number of rotatable bonds is 2. The predicted octanol–water partition coefficient (Wildman–Crippen LogP) is 4.12. The number of hydrogen-bond acceptors (Lipinski definition) is 1. The van der Waals surface area contributed by atoms with Gasteiger partial charge in [-0.05, 0) is 50.6 Å². The molecule has 2 aromatic rings. The topological polar surface area (TPSA) is 17.1 Å². The van der Waals surface area contributed by atoms with Gasteiger partial charge in [0, 0.05) is 5.56 Å². The Kier molecular flexibility index (Phi) is 3.47. The molecular weight excluding hydrogens is 246 g/mol. The van der Waals surface area contributed by atoms with Crippen molar-refractivity contribution < 1.29 is 13.6 Å². The Morgan fingerprint density at radius 3 is 2.00 bits per heavy atom. The molecule has 0 aromatic heterocycles. The van der Waals surface area contributed by atoms with Crippen LogP contribution in [0.3, 0.4) is 0 Å². The molecule has 0 aliphatic heterocycles. The smallest absolute Gasteiger partial charge is 0.196 e. The molecule has 0 N–H and O–H groups in total. The highest BCUT2D eigenvalue weighted by atomic mass is 19.1. The molecule has 0 aliphatic carbocycles. The van der Waals surface area contributed by atoms with Gasteiger partial charge in [-0.3, -0.25) is 4.79 Å². The highest BCUT2D eigenvalue weighted by molar-refractivity contribution is 6.09. The van der Waals surface area contributed by atoms with Crippen molar-refractivity contribution >= 4 is 5.78 Å². The molecule has 0 radical (unpaired) electrons. The molecule has 0 bridgehead atoms. The fraction of sp³-hybridized carbons (Fsp3) is 0.188. The minimum absolute atomic E-state index is 0.189. The summed E-state index contributed by atoms with van der Waals surface area (Å²) in [7, 11) is 0. The van der Waals surface area contributed by atoms with Crippen molar-refractivity contribution in [2.24, 2.45) is 0 Å². The summed E-state index contributed by atoms with van der Waals surface area (Å²) in [6, 6.07) is 7.28. The molecule has 0 aliphatic rings. The summed E-state index contributed by atoms with van der Waals surface area (Å²) < 4.78 is 27.3. The van der Waals surface area contributed by atoms with Crippen LogP contribution >= 0.6 is 0 Å². The Morgan fingerprint density at radius 2 is 1.42 bits per heavy atom. The highest BCUT2D eigenvalue weighted by Crippen LogP contribution is 2.19. The molecule has 2 aromatic carbocycles. The van der Waals surface area contributed by atoms with Crippen molar-refractivity contribution in [2.45, 2.75) is 20.8 Å². The SMILES string of the molecule is Cc1cc(C)cc(C(=O)c2cc(F)c(C)cc2F)c1. The van der Waals surface area contributed by atoms with Crippen LogP contribution < -0.4 is 0 Å². The van der Waals surface area contributed by atoms with E-state index in [-0.39, 0.29) is 11.1 Å². The molecule has 0 spiro atoms. The number of carbonyl (C=O) groups is 1. The van der Waals surface area contributed by atoms with E-state index in [9.17, 15) is 13.6 Å². The van der Waals surface area contributed by atoms with Crippen LogP contribution in [0.4, 0.5) is 8.78 Å². The van der Waals surface area contributed by atoms with Crippen molar-refractivity contribution in [3.8, 4) is 0 Å². The molecule has 0 amide bonds. The lowest BCUT2D eigenvalue weighted by molar-refractivity contribution is 0.103. The van der Waals surface area contributed by atoms with Gasteiger partial charge in [0.05, 0.1) is 5.56 Å². The van der Waals surface area contributed by atoms with Crippen molar-refractivity contribution in [2.75, 3.05) is 0 Å². The molecule has 0 unspecified atom stereocenters.